The van der Waals surface area contributed by atoms with Crippen LogP contribution >= 0.6 is 0 Å². The highest BCUT2D eigenvalue weighted by molar-refractivity contribution is 6.05. The molecule has 1 aromatic carbocycles. The van der Waals surface area contributed by atoms with Crippen LogP contribution in [0.5, 0.6) is 0 Å². The van der Waals surface area contributed by atoms with E-state index < -0.39 is 11.9 Å². The summed E-state index contributed by atoms with van der Waals surface area (Å²) in [5.74, 6) is -0.0989. The van der Waals surface area contributed by atoms with Gasteiger partial charge in [0, 0.05) is 23.7 Å². The van der Waals surface area contributed by atoms with Gasteiger partial charge in [0.15, 0.2) is 0 Å². The van der Waals surface area contributed by atoms with Gasteiger partial charge in [-0.3, -0.25) is 0 Å². The smallest absolute Gasteiger partial charge is 0.334 e. The first-order valence-corrected chi connectivity index (χ1v) is 9.06. The van der Waals surface area contributed by atoms with Crippen molar-refractivity contribution in [2.24, 2.45) is 11.8 Å². The van der Waals surface area contributed by atoms with Gasteiger partial charge in [-0.15, -0.1) is 0 Å². The molecule has 2 heterocycles. The third kappa shape index (κ3) is 1.48. The fourth-order valence-corrected chi connectivity index (χ4v) is 5.84. The van der Waals surface area contributed by atoms with Gasteiger partial charge in [-0.05, 0) is 28.7 Å². The van der Waals surface area contributed by atoms with Crippen LogP contribution in [0.4, 0.5) is 0 Å². The van der Waals surface area contributed by atoms with Crippen LogP contribution in [0.25, 0.3) is 0 Å². The summed E-state index contributed by atoms with van der Waals surface area (Å²) in [7, 11) is 2.69. The van der Waals surface area contributed by atoms with Crippen molar-refractivity contribution in [3.8, 4) is 0 Å². The number of hydrogen-bond acceptors (Lipinski definition) is 5. The number of ether oxygens (including phenoxy) is 3. The predicted octanol–water partition coefficient (Wildman–Crippen LogP) is 2.84. The molecule has 1 fully saturated rings. The zero-order chi connectivity index (χ0) is 17.7. The van der Waals surface area contributed by atoms with E-state index in [1.165, 1.54) is 42.9 Å². The van der Waals surface area contributed by atoms with Crippen LogP contribution in [-0.2, 0) is 23.8 Å². The van der Waals surface area contributed by atoms with Gasteiger partial charge >= 0.3 is 11.9 Å². The molecule has 1 saturated heterocycles. The maximum atomic E-state index is 12.3. The first-order chi connectivity index (χ1) is 12.6. The van der Waals surface area contributed by atoms with E-state index >= 15 is 0 Å². The molecule has 4 bridgehead atoms. The van der Waals surface area contributed by atoms with Crippen LogP contribution in [0.3, 0.4) is 0 Å². The Hall–Kier alpha value is -2.40. The molecule has 6 rings (SSSR count). The normalized spacial score (nSPS) is 36.5. The summed E-state index contributed by atoms with van der Waals surface area (Å²) in [5.41, 5.74) is 6.04. The minimum Gasteiger partial charge on any atom is -0.466 e. The van der Waals surface area contributed by atoms with Crippen molar-refractivity contribution in [1.29, 1.82) is 0 Å². The molecule has 26 heavy (non-hydrogen) atoms. The van der Waals surface area contributed by atoms with Crippen LogP contribution < -0.4 is 0 Å². The van der Waals surface area contributed by atoms with Crippen molar-refractivity contribution >= 4 is 11.9 Å². The van der Waals surface area contributed by atoms with E-state index in [2.05, 4.69) is 24.3 Å². The fourth-order valence-electron chi connectivity index (χ4n) is 5.84. The first kappa shape index (κ1) is 14.7. The molecule has 2 aliphatic heterocycles. The number of esters is 2. The molecule has 5 aliphatic rings. The van der Waals surface area contributed by atoms with E-state index in [4.69, 9.17) is 14.2 Å². The van der Waals surface area contributed by atoms with Crippen LogP contribution in [-0.4, -0.2) is 26.2 Å². The van der Waals surface area contributed by atoms with Crippen molar-refractivity contribution in [1.82, 2.24) is 0 Å². The van der Waals surface area contributed by atoms with Crippen molar-refractivity contribution < 1.29 is 23.8 Å². The topological polar surface area (TPSA) is 61.8 Å². The number of carbonyl (C=O) groups is 2. The highest BCUT2D eigenvalue weighted by Gasteiger charge is 2.64. The maximum Gasteiger partial charge on any atom is 0.334 e. The number of carbonyl (C=O) groups excluding carboxylic acids is 2. The second-order valence-electron chi connectivity index (χ2n) is 7.78. The summed E-state index contributed by atoms with van der Waals surface area (Å²) in [4.78, 5) is 24.6. The first-order valence-electron chi connectivity index (χ1n) is 9.06. The third-order valence-corrected chi connectivity index (χ3v) is 6.88. The predicted molar refractivity (Wildman–Crippen MR) is 90.3 cm³/mol. The molecule has 3 aliphatic carbocycles. The highest BCUT2D eigenvalue weighted by Crippen LogP contribution is 2.68. The largest absolute Gasteiger partial charge is 0.466 e. The van der Waals surface area contributed by atoms with Crippen molar-refractivity contribution in [3.63, 3.8) is 0 Å². The average Bonchev–Trinajstić information content (AvgIpc) is 3.38. The Morgan fingerprint density at radius 2 is 1.31 bits per heavy atom. The molecule has 0 unspecified atom stereocenters. The number of allylic oxidation sites excluding steroid dienone is 2. The molecule has 5 nitrogen and oxygen atoms in total. The Balaban J connectivity index is 1.47. The number of methoxy groups -OCH3 is 2. The van der Waals surface area contributed by atoms with E-state index in [1.807, 2.05) is 0 Å². The SMILES string of the molecule is COC(=O)C1=C(C(=O)OC)[C@H]2[C@@H]1[C@H]1O[C@@H]2c2cc3c(cc21)[C@@H]1C=C[C@H]3C1. The van der Waals surface area contributed by atoms with Crippen molar-refractivity contribution in [2.75, 3.05) is 14.2 Å². The minimum absolute atomic E-state index is 0.110. The Bertz CT molecular complexity index is 882. The van der Waals surface area contributed by atoms with Gasteiger partial charge in [-0.1, -0.05) is 24.3 Å². The van der Waals surface area contributed by atoms with Gasteiger partial charge in [0.25, 0.3) is 0 Å². The Morgan fingerprint density at radius 3 is 1.73 bits per heavy atom. The number of fused-ring (bicyclic) bond motifs is 13. The molecule has 0 spiro atoms. The monoisotopic (exact) mass is 350 g/mol. The standard InChI is InChI=1S/C21H18O5/c1-24-20(22)16-14-15(17(16)21(23)25-2)19-13-7-11-9-4-3-8(5-9)10(11)6-12(13)18(14)26-19/h3-4,6-9,14-15,18-19H,5H2,1-2H3/t8-,9+,14+,15-,18+,19-. The maximum absolute atomic E-state index is 12.3. The lowest BCUT2D eigenvalue weighted by Gasteiger charge is -2.40. The quantitative estimate of drug-likeness (QED) is 0.606. The molecule has 0 saturated carbocycles. The van der Waals surface area contributed by atoms with Gasteiger partial charge in [0.05, 0.1) is 37.6 Å². The van der Waals surface area contributed by atoms with Gasteiger partial charge in [0.1, 0.15) is 0 Å². The molecule has 0 aromatic heterocycles. The van der Waals surface area contributed by atoms with E-state index in [0.717, 1.165) is 0 Å². The van der Waals surface area contributed by atoms with Crippen LogP contribution in [0.2, 0.25) is 0 Å². The molecule has 1 aromatic rings. The number of hydrogen-bond donors (Lipinski definition) is 0. The third-order valence-electron chi connectivity index (χ3n) is 6.88. The molecule has 6 atom stereocenters. The molecular formula is C21H18O5. The van der Waals surface area contributed by atoms with Gasteiger partial charge in [0.2, 0.25) is 0 Å². The zero-order valence-electron chi connectivity index (χ0n) is 14.5. The summed E-state index contributed by atoms with van der Waals surface area (Å²) >= 11 is 0. The van der Waals surface area contributed by atoms with E-state index in [-0.39, 0.29) is 24.0 Å². The summed E-state index contributed by atoms with van der Waals surface area (Å²) in [5, 5.41) is 0. The fraction of sp³-hybridized carbons (Fsp3) is 0.429. The van der Waals surface area contributed by atoms with Crippen LogP contribution in [0.1, 0.15) is 52.7 Å². The molecule has 132 valence electrons. The van der Waals surface area contributed by atoms with Crippen LogP contribution in [0, 0.1) is 11.8 Å². The number of rotatable bonds is 2. The lowest BCUT2D eigenvalue weighted by atomic mass is 9.59. The zero-order valence-corrected chi connectivity index (χ0v) is 14.5. The van der Waals surface area contributed by atoms with E-state index in [9.17, 15) is 9.59 Å². The van der Waals surface area contributed by atoms with E-state index in [1.54, 1.807) is 0 Å². The lowest BCUT2D eigenvalue weighted by Crippen LogP contribution is -2.42. The lowest BCUT2D eigenvalue weighted by molar-refractivity contribution is -0.142. The van der Waals surface area contributed by atoms with Crippen LogP contribution in [0.15, 0.2) is 35.4 Å². The summed E-state index contributed by atoms with van der Waals surface area (Å²) in [6.45, 7) is 0. The van der Waals surface area contributed by atoms with Gasteiger partial charge in [-0.25, -0.2) is 9.59 Å². The van der Waals surface area contributed by atoms with Gasteiger partial charge < -0.3 is 14.2 Å². The number of benzene rings is 1. The van der Waals surface area contributed by atoms with E-state index in [0.29, 0.717) is 23.0 Å². The second kappa shape index (κ2) is 4.65. The van der Waals surface area contributed by atoms with Crippen molar-refractivity contribution in [2.45, 2.75) is 30.5 Å². The average molecular weight is 350 g/mol. The Kier molecular flexibility index (Phi) is 2.64. The highest BCUT2D eigenvalue weighted by atomic mass is 16.5. The molecule has 0 radical (unpaired) electrons. The molecular weight excluding hydrogens is 332 g/mol. The summed E-state index contributed by atoms with van der Waals surface area (Å²) in [6.07, 6.45) is 5.43. The van der Waals surface area contributed by atoms with Gasteiger partial charge in [-0.2, -0.15) is 0 Å². The second-order valence-corrected chi connectivity index (χ2v) is 7.78. The summed E-state index contributed by atoms with van der Waals surface area (Å²) in [6, 6.07) is 4.56. The molecule has 5 heteroatoms. The Labute approximate surface area is 150 Å². The molecule has 0 amide bonds. The summed E-state index contributed by atoms with van der Waals surface area (Å²) < 4.78 is 16.1. The minimum atomic E-state index is -0.451. The molecule has 0 N–H and O–H groups in total. The van der Waals surface area contributed by atoms with Crippen molar-refractivity contribution in [3.05, 3.63) is 57.7 Å². The Morgan fingerprint density at radius 1 is 0.846 bits per heavy atom.